The Balaban J connectivity index is 1.47. The maximum Gasteiger partial charge on any atom is 0.255 e. The van der Waals surface area contributed by atoms with Crippen LogP contribution in [0, 0.1) is 0 Å². The van der Waals surface area contributed by atoms with Gasteiger partial charge in [-0.3, -0.25) is 14.4 Å². The van der Waals surface area contributed by atoms with Crippen LogP contribution >= 0.6 is 11.8 Å². The molecule has 0 bridgehead atoms. The van der Waals surface area contributed by atoms with E-state index in [1.54, 1.807) is 67.8 Å². The Morgan fingerprint density at radius 1 is 0.750 bits per heavy atom. The van der Waals surface area contributed by atoms with Gasteiger partial charge in [0.2, 0.25) is 11.8 Å². The summed E-state index contributed by atoms with van der Waals surface area (Å²) in [6, 6.07) is 21.1. The number of methoxy groups -OCH3 is 1. The molecule has 0 aliphatic carbocycles. The van der Waals surface area contributed by atoms with Crippen LogP contribution in [0.15, 0.2) is 77.7 Å². The molecule has 0 spiro atoms. The first-order valence-corrected chi connectivity index (χ1v) is 10.8. The van der Waals surface area contributed by atoms with Crippen LogP contribution in [0.5, 0.6) is 5.75 Å². The minimum atomic E-state index is -0.211. The van der Waals surface area contributed by atoms with Gasteiger partial charge in [0, 0.05) is 34.4 Å². The molecule has 3 aromatic carbocycles. The van der Waals surface area contributed by atoms with E-state index in [9.17, 15) is 14.4 Å². The number of amides is 3. The van der Waals surface area contributed by atoms with E-state index in [-0.39, 0.29) is 23.5 Å². The van der Waals surface area contributed by atoms with E-state index in [0.717, 1.165) is 4.90 Å². The van der Waals surface area contributed by atoms with Gasteiger partial charge >= 0.3 is 0 Å². The third kappa shape index (κ3) is 6.88. The van der Waals surface area contributed by atoms with E-state index in [1.165, 1.54) is 18.7 Å². The molecule has 0 fully saturated rings. The molecule has 3 aromatic rings. The van der Waals surface area contributed by atoms with Crippen LogP contribution in [0.3, 0.4) is 0 Å². The smallest absolute Gasteiger partial charge is 0.255 e. The first-order chi connectivity index (χ1) is 15.4. The molecular weight excluding hydrogens is 426 g/mol. The second-order valence-corrected chi connectivity index (χ2v) is 7.85. The van der Waals surface area contributed by atoms with E-state index in [1.807, 2.05) is 12.1 Å². The summed E-state index contributed by atoms with van der Waals surface area (Å²) in [7, 11) is 1.57. The Labute approximate surface area is 190 Å². The number of anilines is 3. The summed E-state index contributed by atoms with van der Waals surface area (Å²) in [5.41, 5.74) is 2.52. The Morgan fingerprint density at radius 3 is 1.84 bits per heavy atom. The lowest BCUT2D eigenvalue weighted by atomic mass is 10.2. The highest BCUT2D eigenvalue weighted by Gasteiger charge is 2.08. The first-order valence-electron chi connectivity index (χ1n) is 9.79. The number of hydrogen-bond acceptors (Lipinski definition) is 5. The number of carbonyl (C=O) groups is 3. The molecule has 0 aliphatic rings. The van der Waals surface area contributed by atoms with Crippen molar-refractivity contribution in [3.05, 3.63) is 78.4 Å². The summed E-state index contributed by atoms with van der Waals surface area (Å²) in [6.07, 6.45) is 0. The third-order valence-corrected chi connectivity index (χ3v) is 5.34. The van der Waals surface area contributed by atoms with Crippen LogP contribution in [-0.2, 0) is 9.59 Å². The SMILES string of the molecule is COc1ccc(C(=O)Nc2ccc(SCC(=O)Nc3ccc(NC(C)=O)cc3)cc2)cc1. The summed E-state index contributed by atoms with van der Waals surface area (Å²) in [5.74, 6) is 0.431. The molecule has 0 aromatic heterocycles. The van der Waals surface area contributed by atoms with Crippen LogP contribution in [0.25, 0.3) is 0 Å². The predicted molar refractivity (Wildman–Crippen MR) is 127 cm³/mol. The fourth-order valence-corrected chi connectivity index (χ4v) is 3.46. The summed E-state index contributed by atoms with van der Waals surface area (Å²) < 4.78 is 5.09. The van der Waals surface area contributed by atoms with Crippen LogP contribution < -0.4 is 20.7 Å². The van der Waals surface area contributed by atoms with E-state index in [4.69, 9.17) is 4.74 Å². The topological polar surface area (TPSA) is 96.5 Å². The van der Waals surface area contributed by atoms with Crippen molar-refractivity contribution in [2.45, 2.75) is 11.8 Å². The van der Waals surface area contributed by atoms with Crippen molar-refractivity contribution in [3.8, 4) is 5.75 Å². The summed E-state index contributed by atoms with van der Waals surface area (Å²) in [5, 5.41) is 8.34. The monoisotopic (exact) mass is 449 g/mol. The quantitative estimate of drug-likeness (QED) is 0.436. The predicted octanol–water partition coefficient (Wildman–Crippen LogP) is 4.64. The van der Waals surface area contributed by atoms with E-state index in [0.29, 0.717) is 28.4 Å². The van der Waals surface area contributed by atoms with Crippen molar-refractivity contribution < 1.29 is 19.1 Å². The molecule has 0 atom stereocenters. The zero-order valence-electron chi connectivity index (χ0n) is 17.7. The maximum absolute atomic E-state index is 12.3. The summed E-state index contributed by atoms with van der Waals surface area (Å²) >= 11 is 1.39. The Kier molecular flexibility index (Phi) is 7.88. The fraction of sp³-hybridized carbons (Fsp3) is 0.125. The van der Waals surface area contributed by atoms with Crippen molar-refractivity contribution in [2.24, 2.45) is 0 Å². The average molecular weight is 450 g/mol. The van der Waals surface area contributed by atoms with E-state index in [2.05, 4.69) is 16.0 Å². The molecule has 0 radical (unpaired) electrons. The second-order valence-electron chi connectivity index (χ2n) is 6.80. The van der Waals surface area contributed by atoms with Gasteiger partial charge in [0.05, 0.1) is 12.9 Å². The van der Waals surface area contributed by atoms with Gasteiger partial charge in [-0.2, -0.15) is 0 Å². The second kappa shape index (κ2) is 11.0. The number of hydrogen-bond donors (Lipinski definition) is 3. The Morgan fingerprint density at radius 2 is 1.28 bits per heavy atom. The van der Waals surface area contributed by atoms with Gasteiger partial charge in [-0.1, -0.05) is 0 Å². The molecule has 0 saturated heterocycles. The largest absolute Gasteiger partial charge is 0.497 e. The normalized spacial score (nSPS) is 10.2. The standard InChI is InChI=1S/C24H23N3O4S/c1-16(28)25-18-5-7-19(8-6-18)26-23(29)15-32-22-13-9-20(10-14-22)27-24(30)17-3-11-21(31-2)12-4-17/h3-14H,15H2,1-2H3,(H,25,28)(H,26,29)(H,27,30). The van der Waals surface area contributed by atoms with Gasteiger partial charge in [0.15, 0.2) is 0 Å². The van der Waals surface area contributed by atoms with Gasteiger partial charge in [0.1, 0.15) is 5.75 Å². The average Bonchev–Trinajstić information content (AvgIpc) is 2.79. The lowest BCUT2D eigenvalue weighted by Gasteiger charge is -2.08. The molecule has 32 heavy (non-hydrogen) atoms. The molecule has 0 heterocycles. The van der Waals surface area contributed by atoms with Gasteiger partial charge in [0.25, 0.3) is 5.91 Å². The van der Waals surface area contributed by atoms with E-state index < -0.39 is 0 Å². The van der Waals surface area contributed by atoms with Crippen LogP contribution in [0.2, 0.25) is 0 Å². The molecule has 0 saturated carbocycles. The number of carbonyl (C=O) groups excluding carboxylic acids is 3. The van der Waals surface area contributed by atoms with Crippen LogP contribution in [0.4, 0.5) is 17.1 Å². The number of rotatable bonds is 8. The van der Waals surface area contributed by atoms with Crippen molar-refractivity contribution >= 4 is 46.5 Å². The van der Waals surface area contributed by atoms with E-state index >= 15 is 0 Å². The molecule has 0 unspecified atom stereocenters. The highest BCUT2D eigenvalue weighted by molar-refractivity contribution is 8.00. The van der Waals surface area contributed by atoms with Gasteiger partial charge in [-0.15, -0.1) is 11.8 Å². The Hall–Kier alpha value is -3.78. The number of benzene rings is 3. The van der Waals surface area contributed by atoms with Crippen molar-refractivity contribution in [1.29, 1.82) is 0 Å². The maximum atomic E-state index is 12.3. The molecule has 3 rings (SSSR count). The lowest BCUT2D eigenvalue weighted by Crippen LogP contribution is -2.14. The van der Waals surface area contributed by atoms with Gasteiger partial charge in [-0.05, 0) is 72.8 Å². The molecule has 164 valence electrons. The molecule has 0 aliphatic heterocycles. The first kappa shape index (κ1) is 22.9. The molecule has 3 amide bonds. The third-order valence-electron chi connectivity index (χ3n) is 4.32. The van der Waals surface area contributed by atoms with Crippen LogP contribution in [-0.4, -0.2) is 30.6 Å². The molecular formula is C24H23N3O4S. The van der Waals surface area contributed by atoms with Crippen molar-refractivity contribution in [3.63, 3.8) is 0 Å². The number of nitrogens with one attached hydrogen (secondary N) is 3. The Bertz CT molecular complexity index is 1080. The summed E-state index contributed by atoms with van der Waals surface area (Å²) in [6.45, 7) is 1.44. The zero-order chi connectivity index (χ0) is 22.9. The molecule has 7 nitrogen and oxygen atoms in total. The minimum absolute atomic E-state index is 0.140. The lowest BCUT2D eigenvalue weighted by molar-refractivity contribution is -0.114. The number of thioether (sulfide) groups is 1. The highest BCUT2D eigenvalue weighted by atomic mass is 32.2. The van der Waals surface area contributed by atoms with Crippen LogP contribution in [0.1, 0.15) is 17.3 Å². The highest BCUT2D eigenvalue weighted by Crippen LogP contribution is 2.22. The number of ether oxygens (including phenoxy) is 1. The van der Waals surface area contributed by atoms with Gasteiger partial charge < -0.3 is 20.7 Å². The molecule has 3 N–H and O–H groups in total. The fourth-order valence-electron chi connectivity index (χ4n) is 2.77. The minimum Gasteiger partial charge on any atom is -0.497 e. The molecule has 8 heteroatoms. The summed E-state index contributed by atoms with van der Waals surface area (Å²) in [4.78, 5) is 36.5. The van der Waals surface area contributed by atoms with Crippen molar-refractivity contribution in [2.75, 3.05) is 28.8 Å². The zero-order valence-corrected chi connectivity index (χ0v) is 18.5. The van der Waals surface area contributed by atoms with Gasteiger partial charge in [-0.25, -0.2) is 0 Å². The van der Waals surface area contributed by atoms with Crippen molar-refractivity contribution in [1.82, 2.24) is 0 Å².